The van der Waals surface area contributed by atoms with Crippen LogP contribution in [0.1, 0.15) is 19.3 Å². The summed E-state index contributed by atoms with van der Waals surface area (Å²) in [7, 11) is -0.729. The van der Waals surface area contributed by atoms with Gasteiger partial charge >= 0.3 is 0 Å². The predicted octanol–water partition coefficient (Wildman–Crippen LogP) is 3.92. The molecule has 4 rings (SSSR count). The number of rotatable bonds is 10. The molecule has 1 aliphatic rings. The summed E-state index contributed by atoms with van der Waals surface area (Å²) in [6.45, 7) is 1.79. The number of anilines is 1. The zero-order valence-electron chi connectivity index (χ0n) is 20.9. The molecule has 1 fully saturated rings. The number of ether oxygens (including phenoxy) is 2. The Morgan fingerprint density at radius 2 is 1.81 bits per heavy atom. The molecule has 1 saturated heterocycles. The molecule has 0 saturated carbocycles. The van der Waals surface area contributed by atoms with Gasteiger partial charge < -0.3 is 20.1 Å². The Labute approximate surface area is 222 Å². The van der Waals surface area contributed by atoms with Crippen LogP contribution in [0, 0.1) is 5.92 Å². The van der Waals surface area contributed by atoms with Crippen molar-refractivity contribution in [3.8, 4) is 11.5 Å². The van der Waals surface area contributed by atoms with Crippen molar-refractivity contribution < 1.29 is 22.7 Å². The maximum atomic E-state index is 13.1. The Kier molecular flexibility index (Phi) is 8.73. The second-order valence-electron chi connectivity index (χ2n) is 8.79. The molecule has 198 valence electrons. The molecule has 0 atom stereocenters. The highest BCUT2D eigenvalue weighted by Crippen LogP contribution is 2.32. The standard InChI is InChI=1S/C26H31ClN4O5S/c1-35-24-7-5-20(17-25(24)36-2)37(33,34)31-14-9-18(10-15-31)26(32)30-12-3-11-28-22-8-13-29-23-16-19(27)4-6-21(22)23/h4-8,13,16-18H,3,9-12,14-15H2,1-2H3,(H,28,29)(H,30,32). The highest BCUT2D eigenvalue weighted by Gasteiger charge is 2.32. The lowest BCUT2D eigenvalue weighted by molar-refractivity contribution is -0.126. The number of methoxy groups -OCH3 is 2. The first-order valence-electron chi connectivity index (χ1n) is 12.1. The van der Waals surface area contributed by atoms with Crippen LogP contribution in [0.3, 0.4) is 0 Å². The van der Waals surface area contributed by atoms with Crippen LogP contribution in [0.2, 0.25) is 5.02 Å². The molecule has 0 radical (unpaired) electrons. The third-order valence-electron chi connectivity index (χ3n) is 6.49. The average molecular weight is 547 g/mol. The Morgan fingerprint density at radius 1 is 1.05 bits per heavy atom. The molecule has 0 bridgehead atoms. The summed E-state index contributed by atoms with van der Waals surface area (Å²) in [6.07, 6.45) is 3.43. The molecule has 37 heavy (non-hydrogen) atoms. The number of benzene rings is 2. The van der Waals surface area contributed by atoms with E-state index in [0.29, 0.717) is 42.5 Å². The SMILES string of the molecule is COc1ccc(S(=O)(=O)N2CCC(C(=O)NCCCNc3ccnc4cc(Cl)ccc34)CC2)cc1OC. The Bertz CT molecular complexity index is 1360. The average Bonchev–Trinajstić information content (AvgIpc) is 2.92. The molecule has 1 aromatic heterocycles. The molecular formula is C26H31ClN4O5S. The fraction of sp³-hybridized carbons (Fsp3) is 0.385. The molecular weight excluding hydrogens is 516 g/mol. The van der Waals surface area contributed by atoms with E-state index in [9.17, 15) is 13.2 Å². The van der Waals surface area contributed by atoms with Crippen molar-refractivity contribution in [3.63, 3.8) is 0 Å². The highest BCUT2D eigenvalue weighted by molar-refractivity contribution is 7.89. The summed E-state index contributed by atoms with van der Waals surface area (Å²) in [5, 5.41) is 8.01. The minimum Gasteiger partial charge on any atom is -0.493 e. The van der Waals surface area contributed by atoms with E-state index in [1.54, 1.807) is 12.3 Å². The van der Waals surface area contributed by atoms with E-state index in [1.165, 1.54) is 30.7 Å². The van der Waals surface area contributed by atoms with Crippen LogP contribution in [0.15, 0.2) is 53.6 Å². The van der Waals surface area contributed by atoms with Gasteiger partial charge in [0.25, 0.3) is 0 Å². The van der Waals surface area contributed by atoms with Gasteiger partial charge in [-0.05, 0) is 55.7 Å². The largest absolute Gasteiger partial charge is 0.493 e. The van der Waals surface area contributed by atoms with E-state index in [1.807, 2.05) is 24.3 Å². The van der Waals surface area contributed by atoms with Crippen molar-refractivity contribution in [2.45, 2.75) is 24.2 Å². The fourth-order valence-corrected chi connectivity index (χ4v) is 6.08. The number of nitrogens with one attached hydrogen (secondary N) is 2. The van der Waals surface area contributed by atoms with Crippen LogP contribution in [0.4, 0.5) is 5.69 Å². The number of carbonyl (C=O) groups is 1. The summed E-state index contributed by atoms with van der Waals surface area (Å²) in [6, 6.07) is 12.1. The molecule has 3 aromatic rings. The van der Waals surface area contributed by atoms with Crippen LogP contribution in [-0.2, 0) is 14.8 Å². The number of hydrogen-bond donors (Lipinski definition) is 2. The Morgan fingerprint density at radius 3 is 2.54 bits per heavy atom. The first-order chi connectivity index (χ1) is 17.8. The van der Waals surface area contributed by atoms with E-state index >= 15 is 0 Å². The zero-order valence-corrected chi connectivity index (χ0v) is 22.4. The van der Waals surface area contributed by atoms with Crippen LogP contribution < -0.4 is 20.1 Å². The predicted molar refractivity (Wildman–Crippen MR) is 144 cm³/mol. The summed E-state index contributed by atoms with van der Waals surface area (Å²) < 4.78 is 38.1. The summed E-state index contributed by atoms with van der Waals surface area (Å²) in [5.74, 6) is 0.575. The van der Waals surface area contributed by atoms with Crippen molar-refractivity contribution in [3.05, 3.63) is 53.7 Å². The van der Waals surface area contributed by atoms with E-state index in [-0.39, 0.29) is 29.8 Å². The second-order valence-corrected chi connectivity index (χ2v) is 11.2. The molecule has 0 unspecified atom stereocenters. The van der Waals surface area contributed by atoms with E-state index in [4.69, 9.17) is 21.1 Å². The zero-order chi connectivity index (χ0) is 26.4. The third-order valence-corrected chi connectivity index (χ3v) is 8.62. The first-order valence-corrected chi connectivity index (χ1v) is 13.9. The second kappa shape index (κ2) is 12.0. The lowest BCUT2D eigenvalue weighted by atomic mass is 9.97. The number of amides is 1. The van der Waals surface area contributed by atoms with Crippen LogP contribution >= 0.6 is 11.6 Å². The minimum absolute atomic E-state index is 0.0350. The molecule has 2 aromatic carbocycles. The normalized spacial score (nSPS) is 14.9. The molecule has 2 heterocycles. The van der Waals surface area contributed by atoms with Crippen molar-refractivity contribution in [1.29, 1.82) is 0 Å². The van der Waals surface area contributed by atoms with Gasteiger partial charge in [0.15, 0.2) is 11.5 Å². The van der Waals surface area contributed by atoms with Gasteiger partial charge in [0.05, 0.1) is 24.6 Å². The van der Waals surface area contributed by atoms with Gasteiger partial charge in [-0.3, -0.25) is 9.78 Å². The van der Waals surface area contributed by atoms with Gasteiger partial charge in [-0.25, -0.2) is 8.42 Å². The third kappa shape index (κ3) is 6.26. The molecule has 9 nitrogen and oxygen atoms in total. The van der Waals surface area contributed by atoms with E-state index < -0.39 is 10.0 Å². The lowest BCUT2D eigenvalue weighted by Gasteiger charge is -2.30. The number of carbonyl (C=O) groups excluding carboxylic acids is 1. The number of halogens is 1. The quantitative estimate of drug-likeness (QED) is 0.371. The van der Waals surface area contributed by atoms with Crippen molar-refractivity contribution in [1.82, 2.24) is 14.6 Å². The fourth-order valence-electron chi connectivity index (χ4n) is 4.43. The van der Waals surface area contributed by atoms with Gasteiger partial charge in [-0.15, -0.1) is 0 Å². The van der Waals surface area contributed by atoms with Gasteiger partial charge in [0.2, 0.25) is 15.9 Å². The van der Waals surface area contributed by atoms with Crippen molar-refractivity contribution in [2.75, 3.05) is 45.7 Å². The van der Waals surface area contributed by atoms with Gasteiger partial charge in [-0.1, -0.05) is 11.6 Å². The number of hydrogen-bond acceptors (Lipinski definition) is 7. The maximum Gasteiger partial charge on any atom is 0.243 e. The van der Waals surface area contributed by atoms with E-state index in [2.05, 4.69) is 15.6 Å². The smallest absolute Gasteiger partial charge is 0.243 e. The van der Waals surface area contributed by atoms with Crippen LogP contribution in [-0.4, -0.2) is 64.0 Å². The van der Waals surface area contributed by atoms with Gasteiger partial charge in [0, 0.05) is 60.5 Å². The van der Waals surface area contributed by atoms with Crippen molar-refractivity contribution in [2.24, 2.45) is 5.92 Å². The topological polar surface area (TPSA) is 110 Å². The van der Waals surface area contributed by atoms with Crippen molar-refractivity contribution >= 4 is 44.1 Å². The first kappa shape index (κ1) is 27.0. The summed E-state index contributed by atoms with van der Waals surface area (Å²) in [4.78, 5) is 17.2. The highest BCUT2D eigenvalue weighted by atomic mass is 35.5. The van der Waals surface area contributed by atoms with E-state index in [0.717, 1.165) is 23.0 Å². The van der Waals surface area contributed by atoms with Crippen LogP contribution in [0.5, 0.6) is 11.5 Å². The number of sulfonamides is 1. The number of fused-ring (bicyclic) bond motifs is 1. The Balaban J connectivity index is 1.23. The van der Waals surface area contributed by atoms with Gasteiger partial charge in [-0.2, -0.15) is 4.31 Å². The maximum absolute atomic E-state index is 13.1. The summed E-state index contributed by atoms with van der Waals surface area (Å²) in [5.41, 5.74) is 1.79. The molecule has 2 N–H and O–H groups in total. The number of pyridine rings is 1. The summed E-state index contributed by atoms with van der Waals surface area (Å²) >= 11 is 6.05. The number of nitrogens with zero attached hydrogens (tertiary/aromatic N) is 2. The molecule has 0 aliphatic carbocycles. The molecule has 11 heteroatoms. The number of piperidine rings is 1. The minimum atomic E-state index is -3.69. The number of aromatic nitrogens is 1. The lowest BCUT2D eigenvalue weighted by Crippen LogP contribution is -2.43. The molecule has 1 amide bonds. The Hall–Kier alpha value is -3.08. The van der Waals surface area contributed by atoms with Gasteiger partial charge in [0.1, 0.15) is 0 Å². The molecule has 0 spiro atoms. The monoisotopic (exact) mass is 546 g/mol. The molecule has 1 aliphatic heterocycles. The van der Waals surface area contributed by atoms with Crippen LogP contribution in [0.25, 0.3) is 10.9 Å².